The van der Waals surface area contributed by atoms with Gasteiger partial charge in [-0.2, -0.15) is 0 Å². The average Bonchev–Trinajstić information content (AvgIpc) is 2.89. The van der Waals surface area contributed by atoms with Crippen molar-refractivity contribution in [2.24, 2.45) is 0 Å². The maximum atomic E-state index is 12.2. The summed E-state index contributed by atoms with van der Waals surface area (Å²) in [6, 6.07) is 3.71. The number of piperidine rings is 1. The van der Waals surface area contributed by atoms with Crippen LogP contribution in [-0.2, 0) is 4.79 Å². The van der Waals surface area contributed by atoms with Crippen molar-refractivity contribution in [3.63, 3.8) is 0 Å². The summed E-state index contributed by atoms with van der Waals surface area (Å²) in [6.07, 6.45) is 4.65. The van der Waals surface area contributed by atoms with Crippen LogP contribution in [0.2, 0.25) is 0 Å². The molecule has 5 heteroatoms. The SMILES string of the molecule is CC1CCCC(C)N1C(=O)CNC(=O)c1ccco1. The van der Waals surface area contributed by atoms with E-state index in [0.717, 1.165) is 19.3 Å². The molecule has 2 unspecified atom stereocenters. The fourth-order valence-electron chi connectivity index (χ4n) is 2.65. The van der Waals surface area contributed by atoms with Crippen molar-refractivity contribution >= 4 is 11.8 Å². The quantitative estimate of drug-likeness (QED) is 0.905. The Kier molecular flexibility index (Phi) is 4.24. The first kappa shape index (κ1) is 13.6. The average molecular weight is 264 g/mol. The maximum absolute atomic E-state index is 12.2. The highest BCUT2D eigenvalue weighted by molar-refractivity contribution is 5.94. The van der Waals surface area contributed by atoms with Gasteiger partial charge in [-0.3, -0.25) is 9.59 Å². The Morgan fingerprint density at radius 1 is 1.37 bits per heavy atom. The topological polar surface area (TPSA) is 62.6 Å². The first-order valence-electron chi connectivity index (χ1n) is 6.72. The van der Waals surface area contributed by atoms with Crippen LogP contribution >= 0.6 is 0 Å². The van der Waals surface area contributed by atoms with Crippen LogP contribution in [0.5, 0.6) is 0 Å². The molecule has 0 bridgehead atoms. The van der Waals surface area contributed by atoms with Crippen LogP contribution < -0.4 is 5.32 Å². The molecule has 1 aromatic heterocycles. The van der Waals surface area contributed by atoms with E-state index >= 15 is 0 Å². The van der Waals surface area contributed by atoms with Gasteiger partial charge in [-0.15, -0.1) is 0 Å². The Bertz CT molecular complexity index is 432. The summed E-state index contributed by atoms with van der Waals surface area (Å²) in [4.78, 5) is 25.7. The maximum Gasteiger partial charge on any atom is 0.287 e. The number of amides is 2. The lowest BCUT2D eigenvalue weighted by molar-refractivity contribution is -0.136. The van der Waals surface area contributed by atoms with E-state index < -0.39 is 0 Å². The summed E-state index contributed by atoms with van der Waals surface area (Å²) in [6.45, 7) is 4.14. The largest absolute Gasteiger partial charge is 0.459 e. The zero-order chi connectivity index (χ0) is 13.8. The van der Waals surface area contributed by atoms with Gasteiger partial charge in [0.15, 0.2) is 5.76 Å². The van der Waals surface area contributed by atoms with E-state index in [1.54, 1.807) is 12.1 Å². The van der Waals surface area contributed by atoms with Crippen molar-refractivity contribution in [3.05, 3.63) is 24.2 Å². The van der Waals surface area contributed by atoms with Crippen LogP contribution in [0.25, 0.3) is 0 Å². The zero-order valence-corrected chi connectivity index (χ0v) is 11.4. The highest BCUT2D eigenvalue weighted by Gasteiger charge is 2.28. The molecule has 0 saturated carbocycles. The van der Waals surface area contributed by atoms with Crippen LogP contribution in [0.3, 0.4) is 0 Å². The number of carbonyl (C=O) groups is 2. The van der Waals surface area contributed by atoms with Crippen LogP contribution in [0.4, 0.5) is 0 Å². The van der Waals surface area contributed by atoms with Crippen molar-refractivity contribution in [1.29, 1.82) is 0 Å². The van der Waals surface area contributed by atoms with Gasteiger partial charge in [-0.05, 0) is 45.2 Å². The molecule has 1 saturated heterocycles. The fourth-order valence-corrected chi connectivity index (χ4v) is 2.65. The lowest BCUT2D eigenvalue weighted by Gasteiger charge is -2.39. The second-order valence-corrected chi connectivity index (χ2v) is 5.09. The smallest absolute Gasteiger partial charge is 0.287 e. The zero-order valence-electron chi connectivity index (χ0n) is 11.4. The molecule has 0 aromatic carbocycles. The molecule has 1 fully saturated rings. The summed E-state index contributed by atoms with van der Waals surface area (Å²) < 4.78 is 4.98. The molecule has 1 aromatic rings. The van der Waals surface area contributed by atoms with Crippen LogP contribution in [0.1, 0.15) is 43.7 Å². The molecule has 5 nitrogen and oxygen atoms in total. The number of furan rings is 1. The molecule has 2 heterocycles. The predicted octanol–water partition coefficient (Wildman–Crippen LogP) is 1.80. The Labute approximate surface area is 113 Å². The molecule has 1 N–H and O–H groups in total. The van der Waals surface area contributed by atoms with Crippen LogP contribution in [0.15, 0.2) is 22.8 Å². The van der Waals surface area contributed by atoms with Gasteiger partial charge in [0, 0.05) is 12.1 Å². The third-order valence-corrected chi connectivity index (χ3v) is 3.63. The molecule has 1 aliphatic rings. The van der Waals surface area contributed by atoms with E-state index in [0.29, 0.717) is 0 Å². The Balaban J connectivity index is 1.88. The summed E-state index contributed by atoms with van der Waals surface area (Å²) in [5.41, 5.74) is 0. The van der Waals surface area contributed by atoms with Gasteiger partial charge in [0.25, 0.3) is 5.91 Å². The Hall–Kier alpha value is -1.78. The first-order valence-corrected chi connectivity index (χ1v) is 6.72. The van der Waals surface area contributed by atoms with E-state index in [-0.39, 0.29) is 36.2 Å². The molecule has 0 radical (unpaired) electrons. The highest BCUT2D eigenvalue weighted by Crippen LogP contribution is 2.22. The van der Waals surface area contributed by atoms with Gasteiger partial charge < -0.3 is 14.6 Å². The minimum Gasteiger partial charge on any atom is -0.459 e. The summed E-state index contributed by atoms with van der Waals surface area (Å²) >= 11 is 0. The lowest BCUT2D eigenvalue weighted by atomic mass is 9.97. The van der Waals surface area contributed by atoms with Crippen LogP contribution in [0, 0.1) is 0 Å². The minimum absolute atomic E-state index is 0.0220. The lowest BCUT2D eigenvalue weighted by Crippen LogP contribution is -2.51. The predicted molar refractivity (Wildman–Crippen MR) is 70.7 cm³/mol. The normalized spacial score (nSPS) is 23.2. The second kappa shape index (κ2) is 5.91. The molecular weight excluding hydrogens is 244 g/mol. The molecule has 0 spiro atoms. The number of hydrogen-bond acceptors (Lipinski definition) is 3. The van der Waals surface area contributed by atoms with Gasteiger partial charge in [0.2, 0.25) is 5.91 Å². The summed E-state index contributed by atoms with van der Waals surface area (Å²) in [5.74, 6) is -0.150. The Morgan fingerprint density at radius 3 is 2.63 bits per heavy atom. The van der Waals surface area contributed by atoms with Crippen LogP contribution in [-0.4, -0.2) is 35.3 Å². The van der Waals surface area contributed by atoms with E-state index in [9.17, 15) is 9.59 Å². The Morgan fingerprint density at radius 2 is 2.05 bits per heavy atom. The van der Waals surface area contributed by atoms with Crippen molar-refractivity contribution < 1.29 is 14.0 Å². The van der Waals surface area contributed by atoms with Crippen molar-refractivity contribution in [2.45, 2.75) is 45.2 Å². The van der Waals surface area contributed by atoms with Crippen molar-refractivity contribution in [1.82, 2.24) is 10.2 Å². The number of hydrogen-bond donors (Lipinski definition) is 1. The minimum atomic E-state index is -0.351. The third-order valence-electron chi connectivity index (χ3n) is 3.63. The van der Waals surface area contributed by atoms with Gasteiger partial charge in [-0.25, -0.2) is 0 Å². The molecule has 2 atom stereocenters. The third kappa shape index (κ3) is 3.16. The summed E-state index contributed by atoms with van der Waals surface area (Å²) in [7, 11) is 0. The van der Waals surface area contributed by atoms with Crippen molar-refractivity contribution in [3.8, 4) is 0 Å². The number of carbonyl (C=O) groups excluding carboxylic acids is 2. The molecule has 2 rings (SSSR count). The first-order chi connectivity index (χ1) is 9.09. The van der Waals surface area contributed by atoms with E-state index in [2.05, 4.69) is 19.2 Å². The van der Waals surface area contributed by atoms with Gasteiger partial charge in [0.1, 0.15) is 0 Å². The molecular formula is C14H20N2O3. The molecule has 19 heavy (non-hydrogen) atoms. The van der Waals surface area contributed by atoms with Gasteiger partial charge in [0.05, 0.1) is 12.8 Å². The van der Waals surface area contributed by atoms with E-state index in [1.807, 2.05) is 4.90 Å². The van der Waals surface area contributed by atoms with E-state index in [1.165, 1.54) is 6.26 Å². The van der Waals surface area contributed by atoms with Crippen molar-refractivity contribution in [2.75, 3.05) is 6.54 Å². The standard InChI is InChI=1S/C14H20N2O3/c1-10-5-3-6-11(2)16(10)13(17)9-15-14(18)12-7-4-8-19-12/h4,7-8,10-11H,3,5-6,9H2,1-2H3,(H,15,18). The number of likely N-dealkylation sites (tertiary alicyclic amines) is 1. The number of rotatable bonds is 3. The number of nitrogens with one attached hydrogen (secondary N) is 1. The van der Waals surface area contributed by atoms with E-state index in [4.69, 9.17) is 4.42 Å². The van der Waals surface area contributed by atoms with Gasteiger partial charge in [-0.1, -0.05) is 0 Å². The number of nitrogens with zero attached hydrogens (tertiary/aromatic N) is 1. The molecule has 1 aliphatic heterocycles. The molecule has 0 aliphatic carbocycles. The summed E-state index contributed by atoms with van der Waals surface area (Å²) in [5, 5.41) is 2.60. The second-order valence-electron chi connectivity index (χ2n) is 5.09. The highest BCUT2D eigenvalue weighted by atomic mass is 16.3. The monoisotopic (exact) mass is 264 g/mol. The molecule has 104 valence electrons. The molecule has 2 amide bonds. The van der Waals surface area contributed by atoms with Gasteiger partial charge >= 0.3 is 0 Å². The fraction of sp³-hybridized carbons (Fsp3) is 0.571.